The molecule has 32 heavy (non-hydrogen) atoms. The van der Waals surface area contributed by atoms with E-state index in [0.29, 0.717) is 34.8 Å². The Morgan fingerprint density at radius 2 is 2.19 bits per heavy atom. The molecule has 1 aromatic carbocycles. The fourth-order valence-corrected chi connectivity index (χ4v) is 5.48. The van der Waals surface area contributed by atoms with Gasteiger partial charge in [0.15, 0.2) is 5.66 Å². The first kappa shape index (κ1) is 21.0. The van der Waals surface area contributed by atoms with E-state index in [1.807, 2.05) is 38.1 Å². The Kier molecular flexibility index (Phi) is 5.19. The number of methoxy groups -OCH3 is 1. The van der Waals surface area contributed by atoms with Gasteiger partial charge in [-0.05, 0) is 38.1 Å². The molecule has 0 radical (unpaired) electrons. The second-order valence-electron chi connectivity index (χ2n) is 8.21. The number of allylic oxidation sites excluding steroid dienone is 1. The summed E-state index contributed by atoms with van der Waals surface area (Å²) in [6.45, 7) is 4.94. The minimum atomic E-state index is -0.663. The van der Waals surface area contributed by atoms with Gasteiger partial charge in [0.1, 0.15) is 21.7 Å². The van der Waals surface area contributed by atoms with E-state index < -0.39 is 5.66 Å². The molecule has 2 atom stereocenters. The van der Waals surface area contributed by atoms with Gasteiger partial charge in [-0.15, -0.1) is 11.3 Å². The minimum absolute atomic E-state index is 0.0361. The number of fused-ring (bicyclic) bond motifs is 5. The van der Waals surface area contributed by atoms with Gasteiger partial charge >= 0.3 is 0 Å². The molecule has 2 aliphatic rings. The SMILES string of the molecule is COCC1(C)N=C(Cl)C=C(Nc2ccc3c(ccc4sc5c(c43)NC[C@@H](C)NC5=O)n2)N1. The van der Waals surface area contributed by atoms with Crippen LogP contribution in [-0.2, 0) is 4.74 Å². The molecule has 0 saturated heterocycles. The predicted molar refractivity (Wildman–Crippen MR) is 131 cm³/mol. The molecule has 0 bridgehead atoms. The monoisotopic (exact) mass is 470 g/mol. The highest BCUT2D eigenvalue weighted by Gasteiger charge is 2.28. The Labute approximate surface area is 194 Å². The molecule has 2 aromatic heterocycles. The summed E-state index contributed by atoms with van der Waals surface area (Å²) < 4.78 is 6.31. The fourth-order valence-electron chi connectivity index (χ4n) is 4.09. The zero-order chi connectivity index (χ0) is 22.5. The van der Waals surface area contributed by atoms with Gasteiger partial charge in [-0.1, -0.05) is 11.6 Å². The number of halogens is 1. The number of amides is 1. The summed E-state index contributed by atoms with van der Waals surface area (Å²) in [7, 11) is 1.62. The van der Waals surface area contributed by atoms with E-state index in [1.54, 1.807) is 13.2 Å². The van der Waals surface area contributed by atoms with Crippen molar-refractivity contribution in [3.8, 4) is 0 Å². The first-order valence-electron chi connectivity index (χ1n) is 10.3. The number of hydrogen-bond acceptors (Lipinski definition) is 8. The maximum Gasteiger partial charge on any atom is 0.263 e. The standard InChI is InChI=1S/C22H23ClN6O2S/c1-11-9-24-19-18-12-4-7-16(27-17-8-15(23)28-22(2,29-17)10-31-3)26-13(12)5-6-14(18)32-20(19)21(30)25-11/h4-8,11,24,29H,9-10H2,1-3H3,(H,25,30)(H,26,27)/t11-,22?/m1/s1. The second-order valence-corrected chi connectivity index (χ2v) is 9.65. The number of ether oxygens (including phenoxy) is 1. The van der Waals surface area contributed by atoms with Gasteiger partial charge in [-0.3, -0.25) is 4.79 Å². The molecule has 0 fully saturated rings. The van der Waals surface area contributed by atoms with Crippen LogP contribution in [-0.4, -0.2) is 48.0 Å². The van der Waals surface area contributed by atoms with Crippen LogP contribution >= 0.6 is 22.9 Å². The highest BCUT2D eigenvalue weighted by Crippen LogP contribution is 2.41. The van der Waals surface area contributed by atoms with Crippen molar-refractivity contribution in [3.05, 3.63) is 41.0 Å². The van der Waals surface area contributed by atoms with Crippen LogP contribution in [0.3, 0.4) is 0 Å². The zero-order valence-corrected chi connectivity index (χ0v) is 19.4. The number of anilines is 2. The molecule has 4 N–H and O–H groups in total. The number of hydrogen-bond donors (Lipinski definition) is 4. The average Bonchev–Trinajstić information content (AvgIpc) is 3.04. The number of carbonyl (C=O) groups excluding carboxylic acids is 1. The highest BCUT2D eigenvalue weighted by atomic mass is 35.5. The van der Waals surface area contributed by atoms with Crippen LogP contribution in [0.15, 0.2) is 41.2 Å². The number of nitrogens with one attached hydrogen (secondary N) is 4. The Morgan fingerprint density at radius 1 is 1.34 bits per heavy atom. The average molecular weight is 471 g/mol. The third-order valence-corrected chi connectivity index (χ3v) is 6.75. The number of carbonyl (C=O) groups is 1. The van der Waals surface area contributed by atoms with Crippen LogP contribution in [0, 0.1) is 0 Å². The maximum absolute atomic E-state index is 12.6. The van der Waals surface area contributed by atoms with Crippen molar-refractivity contribution in [3.63, 3.8) is 0 Å². The van der Waals surface area contributed by atoms with E-state index in [1.165, 1.54) is 11.3 Å². The fraction of sp³-hybridized carbons (Fsp3) is 0.318. The van der Waals surface area contributed by atoms with Crippen LogP contribution < -0.4 is 21.3 Å². The van der Waals surface area contributed by atoms with E-state index in [-0.39, 0.29) is 11.9 Å². The Bertz CT molecular complexity index is 1300. The first-order valence-corrected chi connectivity index (χ1v) is 11.5. The van der Waals surface area contributed by atoms with Gasteiger partial charge in [-0.25, -0.2) is 9.98 Å². The van der Waals surface area contributed by atoms with E-state index in [9.17, 15) is 4.79 Å². The lowest BCUT2D eigenvalue weighted by Crippen LogP contribution is -2.48. The quantitative estimate of drug-likeness (QED) is 0.462. The largest absolute Gasteiger partial charge is 0.381 e. The molecule has 3 aromatic rings. The minimum Gasteiger partial charge on any atom is -0.381 e. The lowest BCUT2D eigenvalue weighted by Gasteiger charge is -2.31. The van der Waals surface area contributed by atoms with Gasteiger partial charge in [0.2, 0.25) is 0 Å². The molecule has 0 spiro atoms. The Balaban J connectivity index is 1.51. The number of thiophene rings is 1. The van der Waals surface area contributed by atoms with Gasteiger partial charge in [-0.2, -0.15) is 0 Å². The number of pyridine rings is 1. The van der Waals surface area contributed by atoms with Crippen LogP contribution in [0.1, 0.15) is 23.5 Å². The van der Waals surface area contributed by atoms with Crippen molar-refractivity contribution in [2.24, 2.45) is 4.99 Å². The molecule has 10 heteroatoms. The summed E-state index contributed by atoms with van der Waals surface area (Å²) in [5.41, 5.74) is 1.05. The Hall–Kier alpha value is -2.88. The van der Waals surface area contributed by atoms with Crippen molar-refractivity contribution in [1.82, 2.24) is 15.6 Å². The van der Waals surface area contributed by atoms with Crippen LogP contribution in [0.5, 0.6) is 0 Å². The molecule has 1 amide bonds. The summed E-state index contributed by atoms with van der Waals surface area (Å²) in [6, 6.07) is 8.01. The van der Waals surface area contributed by atoms with Crippen molar-refractivity contribution in [2.45, 2.75) is 25.6 Å². The van der Waals surface area contributed by atoms with Crippen molar-refractivity contribution in [1.29, 1.82) is 0 Å². The van der Waals surface area contributed by atoms with Gasteiger partial charge in [0.25, 0.3) is 5.91 Å². The molecular formula is C22H23ClN6O2S. The molecule has 0 saturated carbocycles. The summed E-state index contributed by atoms with van der Waals surface area (Å²) in [6.07, 6.45) is 1.72. The van der Waals surface area contributed by atoms with Crippen molar-refractivity contribution >= 4 is 66.5 Å². The topological polar surface area (TPSA) is 99.7 Å². The van der Waals surface area contributed by atoms with Crippen LogP contribution in [0.4, 0.5) is 11.5 Å². The molecule has 1 unspecified atom stereocenters. The summed E-state index contributed by atoms with van der Waals surface area (Å²) in [5, 5.41) is 15.5. The molecule has 4 heterocycles. The smallest absolute Gasteiger partial charge is 0.263 e. The second kappa shape index (κ2) is 7.91. The summed E-state index contributed by atoms with van der Waals surface area (Å²) in [4.78, 5) is 22.5. The molecule has 2 aliphatic heterocycles. The summed E-state index contributed by atoms with van der Waals surface area (Å²) in [5.74, 6) is 1.32. The van der Waals surface area contributed by atoms with E-state index in [2.05, 4.69) is 26.3 Å². The third kappa shape index (κ3) is 3.76. The van der Waals surface area contributed by atoms with Crippen LogP contribution in [0.25, 0.3) is 21.0 Å². The molecular weight excluding hydrogens is 448 g/mol. The molecule has 0 aliphatic carbocycles. The summed E-state index contributed by atoms with van der Waals surface area (Å²) >= 11 is 7.73. The molecule has 166 valence electrons. The van der Waals surface area contributed by atoms with Crippen molar-refractivity contribution in [2.75, 3.05) is 30.9 Å². The lowest BCUT2D eigenvalue weighted by molar-refractivity contribution is 0.0949. The number of nitrogens with zero attached hydrogens (tertiary/aromatic N) is 2. The molecule has 8 nitrogen and oxygen atoms in total. The van der Waals surface area contributed by atoms with Gasteiger partial charge < -0.3 is 26.0 Å². The van der Waals surface area contributed by atoms with E-state index in [4.69, 9.17) is 21.3 Å². The number of rotatable bonds is 4. The number of aliphatic imine (C=N–C) groups is 1. The van der Waals surface area contributed by atoms with E-state index in [0.717, 1.165) is 26.7 Å². The van der Waals surface area contributed by atoms with Crippen LogP contribution in [0.2, 0.25) is 0 Å². The van der Waals surface area contributed by atoms with Crippen molar-refractivity contribution < 1.29 is 9.53 Å². The molecule has 5 rings (SSSR count). The normalized spacial score (nSPS) is 22.9. The predicted octanol–water partition coefficient (Wildman–Crippen LogP) is 3.85. The number of benzene rings is 1. The highest BCUT2D eigenvalue weighted by molar-refractivity contribution is 7.21. The maximum atomic E-state index is 12.6. The third-order valence-electron chi connectivity index (χ3n) is 5.40. The van der Waals surface area contributed by atoms with E-state index >= 15 is 0 Å². The Morgan fingerprint density at radius 3 is 3.00 bits per heavy atom. The van der Waals surface area contributed by atoms with Gasteiger partial charge in [0, 0.05) is 41.2 Å². The first-order chi connectivity index (χ1) is 15.3. The van der Waals surface area contributed by atoms with Gasteiger partial charge in [0.05, 0.1) is 17.8 Å². The number of aromatic nitrogens is 1. The zero-order valence-electron chi connectivity index (χ0n) is 17.9. The lowest BCUT2D eigenvalue weighted by atomic mass is 10.1.